The first-order chi connectivity index (χ1) is 13.5. The lowest BCUT2D eigenvalue weighted by Gasteiger charge is -2.30. The number of fused-ring (bicyclic) bond motifs is 1. The van der Waals surface area contributed by atoms with Crippen LogP contribution in [-0.4, -0.2) is 35.4 Å². The number of primary amides is 1. The van der Waals surface area contributed by atoms with Crippen molar-refractivity contribution >= 4 is 23.3 Å². The Morgan fingerprint density at radius 1 is 1.18 bits per heavy atom. The van der Waals surface area contributed by atoms with Crippen LogP contribution in [0.2, 0.25) is 0 Å². The Morgan fingerprint density at radius 3 is 2.46 bits per heavy atom. The van der Waals surface area contributed by atoms with Crippen molar-refractivity contribution in [2.75, 3.05) is 24.3 Å². The highest BCUT2D eigenvalue weighted by Crippen LogP contribution is 2.41. The summed E-state index contributed by atoms with van der Waals surface area (Å²) in [4.78, 5) is 35.0. The number of nitrogens with two attached hydrogens (primary N) is 2. The van der Waals surface area contributed by atoms with E-state index in [1.54, 1.807) is 4.90 Å². The van der Waals surface area contributed by atoms with Crippen LogP contribution >= 0.6 is 0 Å². The number of methoxy groups -OCH3 is 1. The molecule has 146 valence electrons. The number of nitrogens with zero attached hydrogens (tertiary/aromatic N) is 3. The van der Waals surface area contributed by atoms with E-state index in [0.29, 0.717) is 24.2 Å². The highest BCUT2D eigenvalue weighted by atomic mass is 16.5. The maximum atomic E-state index is 13.0. The first kappa shape index (κ1) is 18.2. The molecule has 0 spiro atoms. The molecule has 4 rings (SSSR count). The second kappa shape index (κ2) is 6.78. The molecule has 0 atom stereocenters. The molecule has 0 saturated heterocycles. The number of ether oxygens (including phenoxy) is 1. The van der Waals surface area contributed by atoms with E-state index in [1.165, 1.54) is 7.11 Å². The number of hydrogen-bond acceptors (Lipinski definition) is 6. The molecule has 8 nitrogen and oxygen atoms in total. The molecule has 0 unspecified atom stereocenters. The Balaban J connectivity index is 1.64. The Bertz CT molecular complexity index is 936. The zero-order chi connectivity index (χ0) is 19.9. The predicted octanol–water partition coefficient (Wildman–Crippen LogP) is 1.57. The van der Waals surface area contributed by atoms with Gasteiger partial charge in [-0.05, 0) is 30.5 Å². The van der Waals surface area contributed by atoms with Gasteiger partial charge in [-0.25, -0.2) is 0 Å². The van der Waals surface area contributed by atoms with Gasteiger partial charge < -0.3 is 21.1 Å². The minimum Gasteiger partial charge on any atom is -0.467 e. The van der Waals surface area contributed by atoms with E-state index in [2.05, 4.69) is 9.97 Å². The minimum atomic E-state index is -0.591. The highest BCUT2D eigenvalue weighted by Gasteiger charge is 2.41. The fourth-order valence-electron chi connectivity index (χ4n) is 4.33. The Labute approximate surface area is 162 Å². The smallest absolute Gasteiger partial charge is 0.318 e. The largest absolute Gasteiger partial charge is 0.467 e. The van der Waals surface area contributed by atoms with Crippen molar-refractivity contribution in [3.05, 3.63) is 41.1 Å². The average molecular weight is 381 g/mol. The fraction of sp³-hybridized carbons (Fsp3) is 0.400. The van der Waals surface area contributed by atoms with Crippen LogP contribution in [0.25, 0.3) is 0 Å². The number of carbonyl (C=O) groups excluding carboxylic acids is 2. The first-order valence-electron chi connectivity index (χ1n) is 9.39. The summed E-state index contributed by atoms with van der Waals surface area (Å²) in [5, 5.41) is 0. The van der Waals surface area contributed by atoms with Crippen molar-refractivity contribution in [1.82, 2.24) is 9.97 Å². The van der Waals surface area contributed by atoms with Crippen molar-refractivity contribution in [2.45, 2.75) is 37.5 Å². The molecule has 2 aliphatic rings. The number of benzene rings is 1. The van der Waals surface area contributed by atoms with E-state index in [4.69, 9.17) is 16.2 Å². The molecule has 2 amide bonds. The van der Waals surface area contributed by atoms with Crippen LogP contribution in [-0.2, 0) is 16.6 Å². The van der Waals surface area contributed by atoms with Crippen LogP contribution in [0.4, 0.5) is 11.5 Å². The van der Waals surface area contributed by atoms with E-state index < -0.39 is 5.41 Å². The van der Waals surface area contributed by atoms with E-state index in [9.17, 15) is 9.59 Å². The molecule has 4 N–H and O–H groups in total. The minimum absolute atomic E-state index is 0.117. The highest BCUT2D eigenvalue weighted by molar-refractivity contribution is 6.10. The topological polar surface area (TPSA) is 124 Å². The van der Waals surface area contributed by atoms with Gasteiger partial charge in [-0.2, -0.15) is 9.97 Å². The number of aromatic nitrogens is 2. The SMILES string of the molecule is COc1nc(N)c2c(n1)CCN(c1ccc(C3(C(N)=O)CCCC3)cc1)C2=O. The van der Waals surface area contributed by atoms with Crippen molar-refractivity contribution < 1.29 is 14.3 Å². The molecule has 1 fully saturated rings. The third kappa shape index (κ3) is 2.76. The normalized spacial score (nSPS) is 18.0. The van der Waals surface area contributed by atoms with Crippen molar-refractivity contribution in [2.24, 2.45) is 5.73 Å². The van der Waals surface area contributed by atoms with E-state index in [1.807, 2.05) is 24.3 Å². The summed E-state index contributed by atoms with van der Waals surface area (Å²) in [6.07, 6.45) is 4.08. The standard InChI is InChI=1S/C20H23N5O3/c1-28-19-23-14-8-11-25(17(26)15(14)16(21)24-19)13-6-4-12(5-7-13)20(18(22)27)9-2-3-10-20/h4-7H,2-3,8-11H2,1H3,(H2,22,27)(H2,21,23,24). The molecule has 1 aliphatic carbocycles. The van der Waals surface area contributed by atoms with Crippen molar-refractivity contribution in [3.63, 3.8) is 0 Å². The third-order valence-electron chi connectivity index (χ3n) is 5.87. The predicted molar refractivity (Wildman–Crippen MR) is 104 cm³/mol. The zero-order valence-electron chi connectivity index (χ0n) is 15.8. The Morgan fingerprint density at radius 2 is 1.86 bits per heavy atom. The second-order valence-electron chi connectivity index (χ2n) is 7.32. The number of carbonyl (C=O) groups is 2. The van der Waals surface area contributed by atoms with Crippen LogP contribution in [0, 0.1) is 0 Å². The van der Waals surface area contributed by atoms with Gasteiger partial charge in [0.15, 0.2) is 0 Å². The molecule has 2 aromatic rings. The maximum Gasteiger partial charge on any atom is 0.318 e. The fourth-order valence-corrected chi connectivity index (χ4v) is 4.33. The number of amides is 2. The van der Waals surface area contributed by atoms with E-state index in [-0.39, 0.29) is 23.6 Å². The quantitative estimate of drug-likeness (QED) is 0.828. The van der Waals surface area contributed by atoms with Gasteiger partial charge in [0.05, 0.1) is 18.2 Å². The molecular weight excluding hydrogens is 358 g/mol. The molecule has 28 heavy (non-hydrogen) atoms. The number of hydrogen-bond donors (Lipinski definition) is 2. The molecule has 8 heteroatoms. The summed E-state index contributed by atoms with van der Waals surface area (Å²) < 4.78 is 5.03. The summed E-state index contributed by atoms with van der Waals surface area (Å²) in [5.74, 6) is -0.397. The van der Waals surface area contributed by atoms with E-state index >= 15 is 0 Å². The van der Waals surface area contributed by atoms with Crippen molar-refractivity contribution in [3.8, 4) is 6.01 Å². The number of rotatable bonds is 4. The molecule has 1 aromatic carbocycles. The summed E-state index contributed by atoms with van der Waals surface area (Å²) in [6, 6.07) is 7.70. The van der Waals surface area contributed by atoms with Crippen LogP contribution < -0.4 is 21.1 Å². The lowest BCUT2D eigenvalue weighted by molar-refractivity contribution is -0.123. The molecule has 0 radical (unpaired) electrons. The first-order valence-corrected chi connectivity index (χ1v) is 9.39. The number of nitrogen functional groups attached to an aromatic ring is 1. The molecule has 2 heterocycles. The summed E-state index contributed by atoms with van der Waals surface area (Å²) in [7, 11) is 1.46. The average Bonchev–Trinajstić information content (AvgIpc) is 3.19. The molecule has 1 saturated carbocycles. The maximum absolute atomic E-state index is 13.0. The van der Waals surface area contributed by atoms with Crippen LogP contribution in [0.3, 0.4) is 0 Å². The molecule has 1 aliphatic heterocycles. The van der Waals surface area contributed by atoms with E-state index in [0.717, 1.165) is 36.9 Å². The second-order valence-corrected chi connectivity index (χ2v) is 7.32. The monoisotopic (exact) mass is 381 g/mol. The van der Waals surface area contributed by atoms with Gasteiger partial charge in [0.25, 0.3) is 5.91 Å². The zero-order valence-corrected chi connectivity index (χ0v) is 15.8. The summed E-state index contributed by atoms with van der Waals surface area (Å²) >= 11 is 0. The van der Waals surface area contributed by atoms with Crippen molar-refractivity contribution in [1.29, 1.82) is 0 Å². The van der Waals surface area contributed by atoms with Gasteiger partial charge in [0, 0.05) is 18.7 Å². The van der Waals surface area contributed by atoms with Crippen LogP contribution in [0.1, 0.15) is 47.3 Å². The summed E-state index contributed by atoms with van der Waals surface area (Å²) in [6.45, 7) is 0.478. The number of anilines is 2. The molecule has 0 bridgehead atoms. The Kier molecular flexibility index (Phi) is 4.41. The lowest BCUT2D eigenvalue weighted by Crippen LogP contribution is -2.40. The van der Waals surface area contributed by atoms with Gasteiger partial charge >= 0.3 is 6.01 Å². The van der Waals surface area contributed by atoms with Gasteiger partial charge in [-0.3, -0.25) is 9.59 Å². The molecule has 1 aromatic heterocycles. The lowest BCUT2D eigenvalue weighted by atomic mass is 9.78. The third-order valence-corrected chi connectivity index (χ3v) is 5.87. The van der Waals surface area contributed by atoms with Gasteiger partial charge in [0.1, 0.15) is 11.4 Å². The summed E-state index contributed by atoms with van der Waals surface area (Å²) in [5.41, 5.74) is 13.7. The Hall–Kier alpha value is -3.16. The van der Waals surface area contributed by atoms with Gasteiger partial charge in [-0.1, -0.05) is 25.0 Å². The van der Waals surface area contributed by atoms with Crippen LogP contribution in [0.5, 0.6) is 6.01 Å². The van der Waals surface area contributed by atoms with Gasteiger partial charge in [-0.15, -0.1) is 0 Å². The molecular formula is C20H23N5O3. The van der Waals surface area contributed by atoms with Crippen LogP contribution in [0.15, 0.2) is 24.3 Å². The van der Waals surface area contributed by atoms with Gasteiger partial charge in [0.2, 0.25) is 5.91 Å².